The number of ether oxygens (including phenoxy) is 1. The Morgan fingerprint density at radius 1 is 1.10 bits per heavy atom. The summed E-state index contributed by atoms with van der Waals surface area (Å²) in [6.07, 6.45) is -0.545. The summed E-state index contributed by atoms with van der Waals surface area (Å²) < 4.78 is 7.37. The van der Waals surface area contributed by atoms with Crippen molar-refractivity contribution in [2.24, 2.45) is 12.8 Å². The highest BCUT2D eigenvalue weighted by molar-refractivity contribution is 7.18. The number of aromatic nitrogens is 2. The van der Waals surface area contributed by atoms with Crippen LogP contribution in [0.15, 0.2) is 54.6 Å². The Labute approximate surface area is 234 Å². The summed E-state index contributed by atoms with van der Waals surface area (Å²) in [6.45, 7) is 2.70. The maximum Gasteiger partial charge on any atom is 0.307 e. The number of nitrogens with two attached hydrogens (primary N) is 1. The number of nitrogens with zero attached hydrogens (tertiary/aromatic N) is 2. The first-order chi connectivity index (χ1) is 18.7. The van der Waals surface area contributed by atoms with Crippen molar-refractivity contribution in [1.82, 2.24) is 20.2 Å². The fraction of sp³-hybridized carbons (Fsp3) is 0.259. The zero-order valence-electron chi connectivity index (χ0n) is 21.5. The molecule has 0 saturated heterocycles. The summed E-state index contributed by atoms with van der Waals surface area (Å²) in [4.78, 5) is 41.5. The van der Waals surface area contributed by atoms with E-state index in [9.17, 15) is 14.4 Å². The first-order valence-electron chi connectivity index (χ1n) is 12.3. The van der Waals surface area contributed by atoms with Gasteiger partial charge >= 0.3 is 5.97 Å². The van der Waals surface area contributed by atoms with Crippen LogP contribution in [0.2, 0.25) is 4.34 Å². The molecule has 0 spiro atoms. The van der Waals surface area contributed by atoms with Crippen LogP contribution in [0, 0.1) is 0 Å². The van der Waals surface area contributed by atoms with Gasteiger partial charge in [-0.15, -0.1) is 11.3 Å². The Kier molecular flexibility index (Phi) is 9.18. The molecule has 1 unspecified atom stereocenters. The molecule has 204 valence electrons. The van der Waals surface area contributed by atoms with Gasteiger partial charge in [0.1, 0.15) is 12.0 Å². The monoisotopic (exact) mass is 568 g/mol. The molecule has 0 aliphatic heterocycles. The molecular formula is C27H29ClN6O4S. The topological polar surface area (TPSA) is 140 Å². The number of thiophene rings is 1. The molecule has 4 aromatic rings. The highest BCUT2D eigenvalue weighted by atomic mass is 35.5. The molecule has 0 radical (unpaired) electrons. The zero-order valence-corrected chi connectivity index (χ0v) is 23.1. The summed E-state index contributed by atoms with van der Waals surface area (Å²) in [5, 5.41) is 8.83. The third-order valence-electron chi connectivity index (χ3n) is 5.96. The first-order valence-corrected chi connectivity index (χ1v) is 13.5. The number of halogens is 1. The SMILES string of the molecule is CCOC(=O)CCNC(=O)c1ccc2c(c1)nc(CNc1ccc(C(N)NC(=O)c3ccc(Cl)s3)cc1)n2C. The number of aryl methyl sites for hydroxylation is 1. The summed E-state index contributed by atoms with van der Waals surface area (Å²) >= 11 is 7.09. The van der Waals surface area contributed by atoms with Crippen molar-refractivity contribution in [2.75, 3.05) is 18.5 Å². The Morgan fingerprint density at radius 2 is 1.87 bits per heavy atom. The van der Waals surface area contributed by atoms with Crippen LogP contribution < -0.4 is 21.7 Å². The average molecular weight is 569 g/mol. The van der Waals surface area contributed by atoms with Crippen molar-refractivity contribution in [2.45, 2.75) is 26.1 Å². The van der Waals surface area contributed by atoms with Crippen LogP contribution in [0.25, 0.3) is 11.0 Å². The number of carbonyl (C=O) groups excluding carboxylic acids is 3. The minimum absolute atomic E-state index is 0.118. The van der Waals surface area contributed by atoms with E-state index in [1.807, 2.05) is 41.9 Å². The highest BCUT2D eigenvalue weighted by Crippen LogP contribution is 2.22. The molecule has 2 aromatic carbocycles. The summed E-state index contributed by atoms with van der Waals surface area (Å²) in [5.41, 5.74) is 9.82. The van der Waals surface area contributed by atoms with Crippen LogP contribution in [0.3, 0.4) is 0 Å². The quantitative estimate of drug-likeness (QED) is 0.158. The van der Waals surface area contributed by atoms with Crippen molar-refractivity contribution >= 4 is 57.4 Å². The number of anilines is 1. The summed E-state index contributed by atoms with van der Waals surface area (Å²) in [5.74, 6) is -0.118. The number of fused-ring (bicyclic) bond motifs is 1. The Balaban J connectivity index is 1.33. The molecule has 0 aliphatic rings. The molecule has 4 rings (SSSR count). The fourth-order valence-corrected chi connectivity index (χ4v) is 4.83. The standard InChI is InChI=1S/C27H29ClN6O4S/c1-3-38-24(35)12-13-30-26(36)17-6-9-20-19(14-17)32-23(34(20)2)15-31-18-7-4-16(5-8-18)25(29)33-27(37)21-10-11-22(28)39-21/h4-11,14,25,31H,3,12-13,15,29H2,1-2H3,(H,30,36)(H,33,37). The molecule has 5 N–H and O–H groups in total. The summed E-state index contributed by atoms with van der Waals surface area (Å²) in [7, 11) is 1.91. The van der Waals surface area contributed by atoms with E-state index >= 15 is 0 Å². The van der Waals surface area contributed by atoms with E-state index in [1.54, 1.807) is 31.2 Å². The van der Waals surface area contributed by atoms with Gasteiger partial charge in [0.15, 0.2) is 0 Å². The van der Waals surface area contributed by atoms with Crippen molar-refractivity contribution in [3.8, 4) is 0 Å². The second kappa shape index (κ2) is 12.7. The molecule has 0 saturated carbocycles. The van der Waals surface area contributed by atoms with E-state index in [0.717, 1.165) is 22.6 Å². The van der Waals surface area contributed by atoms with Crippen LogP contribution in [-0.4, -0.2) is 40.5 Å². The predicted octanol–water partition coefficient (Wildman–Crippen LogP) is 3.97. The summed E-state index contributed by atoms with van der Waals surface area (Å²) in [6, 6.07) is 16.1. The molecule has 2 amide bonds. The lowest BCUT2D eigenvalue weighted by Crippen LogP contribution is -2.33. The van der Waals surface area contributed by atoms with Crippen LogP contribution >= 0.6 is 22.9 Å². The largest absolute Gasteiger partial charge is 0.466 e. The molecule has 0 bridgehead atoms. The molecule has 1 atom stereocenters. The number of benzene rings is 2. The number of carbonyl (C=O) groups is 3. The Bertz CT molecular complexity index is 1480. The second-order valence-corrected chi connectivity index (χ2v) is 10.3. The van der Waals surface area contributed by atoms with E-state index < -0.39 is 6.17 Å². The van der Waals surface area contributed by atoms with Crippen molar-refractivity contribution in [3.63, 3.8) is 0 Å². The van der Waals surface area contributed by atoms with E-state index in [-0.39, 0.29) is 30.7 Å². The molecule has 12 heteroatoms. The van der Waals surface area contributed by atoms with E-state index in [1.165, 1.54) is 11.3 Å². The van der Waals surface area contributed by atoms with Gasteiger partial charge in [0.25, 0.3) is 11.8 Å². The lowest BCUT2D eigenvalue weighted by molar-refractivity contribution is -0.142. The van der Waals surface area contributed by atoms with Crippen molar-refractivity contribution < 1.29 is 19.1 Å². The van der Waals surface area contributed by atoms with E-state index in [0.29, 0.717) is 33.4 Å². The zero-order chi connectivity index (χ0) is 27.9. The van der Waals surface area contributed by atoms with Gasteiger partial charge in [-0.3, -0.25) is 14.4 Å². The van der Waals surface area contributed by atoms with Crippen LogP contribution in [0.5, 0.6) is 0 Å². The smallest absolute Gasteiger partial charge is 0.307 e. The Morgan fingerprint density at radius 3 is 2.56 bits per heavy atom. The second-order valence-electron chi connectivity index (χ2n) is 8.63. The Hall–Kier alpha value is -3.93. The molecule has 39 heavy (non-hydrogen) atoms. The van der Waals surface area contributed by atoms with Gasteiger partial charge in [-0.05, 0) is 55.0 Å². The van der Waals surface area contributed by atoms with Gasteiger partial charge in [-0.2, -0.15) is 0 Å². The van der Waals surface area contributed by atoms with Gasteiger partial charge in [-0.25, -0.2) is 4.98 Å². The van der Waals surface area contributed by atoms with Gasteiger partial charge in [0.2, 0.25) is 0 Å². The number of esters is 1. The van der Waals surface area contributed by atoms with Gasteiger partial charge in [0.05, 0.1) is 39.8 Å². The number of hydrogen-bond donors (Lipinski definition) is 4. The van der Waals surface area contributed by atoms with Crippen LogP contribution in [0.1, 0.15) is 50.9 Å². The molecule has 0 fully saturated rings. The highest BCUT2D eigenvalue weighted by Gasteiger charge is 2.15. The lowest BCUT2D eigenvalue weighted by atomic mass is 10.1. The molecule has 0 aliphatic carbocycles. The molecule has 10 nitrogen and oxygen atoms in total. The third kappa shape index (κ3) is 7.14. The normalized spacial score (nSPS) is 11.7. The maximum absolute atomic E-state index is 12.5. The van der Waals surface area contributed by atoms with E-state index in [4.69, 9.17) is 22.1 Å². The molecule has 2 aromatic heterocycles. The predicted molar refractivity (Wildman–Crippen MR) is 152 cm³/mol. The fourth-order valence-electron chi connectivity index (χ4n) is 3.88. The minimum Gasteiger partial charge on any atom is -0.466 e. The minimum atomic E-state index is -0.663. The molecule has 2 heterocycles. The average Bonchev–Trinajstić information content (AvgIpc) is 3.50. The number of nitrogens with one attached hydrogen (secondary N) is 3. The third-order valence-corrected chi connectivity index (χ3v) is 7.19. The van der Waals surface area contributed by atoms with Crippen molar-refractivity contribution in [1.29, 1.82) is 0 Å². The van der Waals surface area contributed by atoms with Gasteiger partial charge in [0, 0.05) is 24.8 Å². The number of hydrogen-bond acceptors (Lipinski definition) is 8. The van der Waals surface area contributed by atoms with Gasteiger partial charge < -0.3 is 31.0 Å². The van der Waals surface area contributed by atoms with Gasteiger partial charge in [-0.1, -0.05) is 23.7 Å². The number of rotatable bonds is 11. The number of amides is 2. The number of imidazole rings is 1. The first kappa shape index (κ1) is 28.1. The van der Waals surface area contributed by atoms with Crippen LogP contribution in [0.4, 0.5) is 5.69 Å². The molecular weight excluding hydrogens is 540 g/mol. The maximum atomic E-state index is 12.5. The lowest BCUT2D eigenvalue weighted by Gasteiger charge is -2.14. The van der Waals surface area contributed by atoms with E-state index in [2.05, 4.69) is 20.9 Å². The van der Waals surface area contributed by atoms with Crippen molar-refractivity contribution in [3.05, 3.63) is 80.8 Å². The van der Waals surface area contributed by atoms with Crippen LogP contribution in [-0.2, 0) is 23.1 Å².